The Morgan fingerprint density at radius 2 is 1.68 bits per heavy atom. The summed E-state index contributed by atoms with van der Waals surface area (Å²) in [5, 5.41) is 17.7. The third-order valence-electron chi connectivity index (χ3n) is 3.09. The van der Waals surface area contributed by atoms with Crippen LogP contribution < -0.4 is 0 Å². The summed E-state index contributed by atoms with van der Waals surface area (Å²) in [4.78, 5) is 0. The van der Waals surface area contributed by atoms with Crippen LogP contribution in [0.5, 0.6) is 0 Å². The number of hydrogen-bond acceptors (Lipinski definition) is 3. The zero-order valence-corrected chi connectivity index (χ0v) is 13.3. The summed E-state index contributed by atoms with van der Waals surface area (Å²) in [6.07, 6.45) is 2.09. The van der Waals surface area contributed by atoms with Crippen LogP contribution in [0.25, 0.3) is 0 Å². The molecule has 0 aromatic carbocycles. The van der Waals surface area contributed by atoms with Crippen LogP contribution in [0.15, 0.2) is 0 Å². The molecule has 0 aliphatic rings. The number of aliphatic hydroxyl groups excluding tert-OH is 1. The quantitative estimate of drug-likeness (QED) is 0.862. The van der Waals surface area contributed by atoms with E-state index in [9.17, 15) is 5.11 Å². The van der Waals surface area contributed by atoms with Crippen LogP contribution in [0.3, 0.4) is 0 Å². The largest absolute Gasteiger partial charge is 0.388 e. The first kappa shape index (κ1) is 16.2. The molecular weight excluding hydrogens is 238 g/mol. The van der Waals surface area contributed by atoms with E-state index in [4.69, 9.17) is 0 Å². The predicted molar refractivity (Wildman–Crippen MR) is 77.7 cm³/mol. The highest BCUT2D eigenvalue weighted by atomic mass is 16.3. The lowest BCUT2D eigenvalue weighted by atomic mass is 9.84. The van der Waals surface area contributed by atoms with E-state index in [1.807, 2.05) is 0 Å². The summed E-state index contributed by atoms with van der Waals surface area (Å²) in [7, 11) is 0. The molecule has 0 saturated carbocycles. The molecule has 1 aromatic heterocycles. The average Bonchev–Trinajstić information content (AvgIpc) is 2.57. The fraction of sp³-hybridized carbons (Fsp3) is 0.867. The van der Waals surface area contributed by atoms with Crippen LogP contribution in [-0.4, -0.2) is 19.9 Å². The zero-order chi connectivity index (χ0) is 14.6. The van der Waals surface area contributed by atoms with Gasteiger partial charge in [0.2, 0.25) is 0 Å². The number of aliphatic hydroxyl groups is 1. The first-order valence-corrected chi connectivity index (χ1v) is 7.24. The lowest BCUT2D eigenvalue weighted by molar-refractivity contribution is 0.260. The van der Waals surface area contributed by atoms with Gasteiger partial charge in [-0.3, -0.25) is 0 Å². The second-order valence-corrected chi connectivity index (χ2v) is 7.27. The second-order valence-electron chi connectivity index (χ2n) is 7.27. The molecule has 1 rings (SSSR count). The molecule has 4 nitrogen and oxygen atoms in total. The van der Waals surface area contributed by atoms with Gasteiger partial charge in [-0.25, -0.2) is 0 Å². The minimum absolute atomic E-state index is 0.0344. The molecule has 0 radical (unpaired) electrons. The van der Waals surface area contributed by atoms with Gasteiger partial charge in [-0.1, -0.05) is 41.5 Å². The molecular formula is C15H29N3O. The van der Waals surface area contributed by atoms with Gasteiger partial charge in [0.25, 0.3) is 0 Å². The Morgan fingerprint density at radius 1 is 1.11 bits per heavy atom. The smallest absolute Gasteiger partial charge is 0.158 e. The van der Waals surface area contributed by atoms with Crippen molar-refractivity contribution in [2.24, 2.45) is 17.3 Å². The molecule has 0 aliphatic heterocycles. The molecule has 0 bridgehead atoms. The van der Waals surface area contributed by atoms with E-state index in [-0.39, 0.29) is 6.61 Å². The van der Waals surface area contributed by atoms with E-state index in [2.05, 4.69) is 56.3 Å². The Morgan fingerprint density at radius 3 is 2.16 bits per heavy atom. The lowest BCUT2D eigenvalue weighted by Crippen LogP contribution is -2.17. The summed E-state index contributed by atoms with van der Waals surface area (Å²) < 4.78 is 2.09. The maximum Gasteiger partial charge on any atom is 0.158 e. The molecule has 0 saturated heterocycles. The standard InChI is InChI=1S/C15H29N3O/c1-11(2)9-18-13(16-17-14(18)10-19)7-12(3)8-15(4,5)6/h11-12,19H,7-10H2,1-6H3. The number of rotatable bonds is 6. The Kier molecular flexibility index (Phi) is 5.53. The van der Waals surface area contributed by atoms with Gasteiger partial charge in [0.15, 0.2) is 5.82 Å². The topological polar surface area (TPSA) is 50.9 Å². The zero-order valence-electron chi connectivity index (χ0n) is 13.3. The summed E-state index contributed by atoms with van der Waals surface area (Å²) in [5.41, 5.74) is 0.335. The van der Waals surface area contributed by atoms with Gasteiger partial charge >= 0.3 is 0 Å². The van der Waals surface area contributed by atoms with Gasteiger partial charge in [0.1, 0.15) is 12.4 Å². The third kappa shape index (κ3) is 5.31. The maximum absolute atomic E-state index is 9.34. The minimum atomic E-state index is -0.0344. The van der Waals surface area contributed by atoms with Gasteiger partial charge in [0, 0.05) is 13.0 Å². The summed E-state index contributed by atoms with van der Waals surface area (Å²) in [6.45, 7) is 14.2. The van der Waals surface area contributed by atoms with E-state index in [0.717, 1.165) is 25.2 Å². The normalized spacial score (nSPS) is 14.1. The molecule has 0 amide bonds. The summed E-state index contributed by atoms with van der Waals surface area (Å²) in [5.74, 6) is 2.79. The van der Waals surface area contributed by atoms with Crippen LogP contribution >= 0.6 is 0 Å². The van der Waals surface area contributed by atoms with Crippen LogP contribution in [0.1, 0.15) is 59.6 Å². The highest BCUT2D eigenvalue weighted by Crippen LogP contribution is 2.26. The number of aromatic nitrogens is 3. The molecule has 1 heterocycles. The van der Waals surface area contributed by atoms with E-state index >= 15 is 0 Å². The lowest BCUT2D eigenvalue weighted by Gasteiger charge is -2.23. The van der Waals surface area contributed by atoms with E-state index in [1.54, 1.807) is 0 Å². The van der Waals surface area contributed by atoms with Crippen LogP contribution in [0.2, 0.25) is 0 Å². The minimum Gasteiger partial charge on any atom is -0.388 e. The van der Waals surface area contributed by atoms with Crippen molar-refractivity contribution >= 4 is 0 Å². The first-order chi connectivity index (χ1) is 8.73. The molecule has 1 atom stereocenters. The molecule has 19 heavy (non-hydrogen) atoms. The van der Waals surface area contributed by atoms with Gasteiger partial charge in [-0.15, -0.1) is 10.2 Å². The first-order valence-electron chi connectivity index (χ1n) is 7.24. The average molecular weight is 267 g/mol. The fourth-order valence-electron chi connectivity index (χ4n) is 2.65. The van der Waals surface area contributed by atoms with Crippen molar-refractivity contribution in [3.05, 3.63) is 11.6 Å². The van der Waals surface area contributed by atoms with Gasteiger partial charge in [-0.2, -0.15) is 0 Å². The maximum atomic E-state index is 9.34. The SMILES string of the molecule is CC(C)Cn1c(CO)nnc1CC(C)CC(C)(C)C. The molecule has 4 heteroatoms. The fourth-order valence-corrected chi connectivity index (χ4v) is 2.65. The Labute approximate surface area is 117 Å². The van der Waals surface area contributed by atoms with Crippen molar-refractivity contribution in [1.29, 1.82) is 0 Å². The molecule has 110 valence electrons. The molecule has 0 fully saturated rings. The molecule has 1 aromatic rings. The van der Waals surface area contributed by atoms with Crippen molar-refractivity contribution in [3.8, 4) is 0 Å². The van der Waals surface area contributed by atoms with Crippen LogP contribution in [0, 0.1) is 17.3 Å². The van der Waals surface area contributed by atoms with Gasteiger partial charge < -0.3 is 9.67 Å². The molecule has 1 N–H and O–H groups in total. The highest BCUT2D eigenvalue weighted by molar-refractivity contribution is 4.96. The summed E-state index contributed by atoms with van der Waals surface area (Å²) in [6, 6.07) is 0. The Hall–Kier alpha value is -0.900. The predicted octanol–water partition coefficient (Wildman–Crippen LogP) is 3.04. The molecule has 0 aliphatic carbocycles. The van der Waals surface area contributed by atoms with Crippen molar-refractivity contribution in [2.45, 2.75) is 67.5 Å². The van der Waals surface area contributed by atoms with E-state index in [0.29, 0.717) is 23.1 Å². The van der Waals surface area contributed by atoms with Crippen molar-refractivity contribution in [2.75, 3.05) is 0 Å². The molecule has 1 unspecified atom stereocenters. The third-order valence-corrected chi connectivity index (χ3v) is 3.09. The second kappa shape index (κ2) is 6.51. The van der Waals surface area contributed by atoms with Gasteiger partial charge in [-0.05, 0) is 23.7 Å². The highest BCUT2D eigenvalue weighted by Gasteiger charge is 2.19. The van der Waals surface area contributed by atoms with Crippen LogP contribution in [-0.2, 0) is 19.6 Å². The Bertz CT molecular complexity index is 391. The summed E-state index contributed by atoms with van der Waals surface area (Å²) >= 11 is 0. The number of hydrogen-bond donors (Lipinski definition) is 1. The number of nitrogens with zero attached hydrogens (tertiary/aromatic N) is 3. The monoisotopic (exact) mass is 267 g/mol. The Balaban J connectivity index is 2.80. The van der Waals surface area contributed by atoms with Crippen molar-refractivity contribution < 1.29 is 5.11 Å². The molecule has 0 spiro atoms. The van der Waals surface area contributed by atoms with Crippen molar-refractivity contribution in [3.63, 3.8) is 0 Å². The van der Waals surface area contributed by atoms with Crippen molar-refractivity contribution in [1.82, 2.24) is 14.8 Å². The van der Waals surface area contributed by atoms with E-state index < -0.39 is 0 Å². The van der Waals surface area contributed by atoms with E-state index in [1.165, 1.54) is 0 Å². The van der Waals surface area contributed by atoms with Crippen LogP contribution in [0.4, 0.5) is 0 Å². The van der Waals surface area contributed by atoms with Gasteiger partial charge in [0.05, 0.1) is 0 Å².